The minimum Gasteiger partial charge on any atom is -1.00 e. The smallest absolute Gasteiger partial charge is 0.332 e. The Morgan fingerprint density at radius 3 is 1.44 bits per heavy atom. The van der Waals surface area contributed by atoms with Gasteiger partial charge in [0.1, 0.15) is 23.2 Å². The molecule has 2 nitrogen and oxygen atoms in total. The third kappa shape index (κ3) is 4.97. The van der Waals surface area contributed by atoms with E-state index in [1.165, 1.54) is 28.0 Å². The van der Waals surface area contributed by atoms with E-state index in [4.69, 9.17) is 11.6 Å². The van der Waals surface area contributed by atoms with Crippen LogP contribution in [0, 0.1) is 0 Å². The Balaban J connectivity index is 0.00000289. The SMILES string of the molecule is O=S(=O)(F)c1ccc(C[P+](c2ccccc2)(c2ccccc2)c2ccccc2)c(Cl)c1.[Br-]. The van der Waals surface area contributed by atoms with Crippen molar-refractivity contribution in [1.29, 1.82) is 0 Å². The molecule has 4 aromatic rings. The Bertz CT molecular complexity index is 1190. The number of rotatable bonds is 6. The summed E-state index contributed by atoms with van der Waals surface area (Å²) in [4.78, 5) is -0.427. The first kappa shape index (κ1) is 24.6. The topological polar surface area (TPSA) is 34.1 Å². The van der Waals surface area contributed by atoms with Crippen molar-refractivity contribution in [2.24, 2.45) is 0 Å². The van der Waals surface area contributed by atoms with Gasteiger partial charge >= 0.3 is 10.2 Å². The van der Waals surface area contributed by atoms with Gasteiger partial charge in [0.25, 0.3) is 0 Å². The summed E-state index contributed by atoms with van der Waals surface area (Å²) < 4.78 is 36.1. The van der Waals surface area contributed by atoms with Crippen LogP contribution in [0.4, 0.5) is 3.89 Å². The quantitative estimate of drug-likeness (QED) is 0.274. The molecular formula is C25H20BrClFO2PS. The Kier molecular flexibility index (Phi) is 7.89. The third-order valence-corrected chi connectivity index (χ3v) is 10.8. The van der Waals surface area contributed by atoms with Crippen molar-refractivity contribution in [1.82, 2.24) is 0 Å². The van der Waals surface area contributed by atoms with Crippen LogP contribution >= 0.6 is 18.9 Å². The summed E-state index contributed by atoms with van der Waals surface area (Å²) in [5.74, 6) is 0. The van der Waals surface area contributed by atoms with Crippen LogP contribution in [0.1, 0.15) is 5.56 Å². The lowest BCUT2D eigenvalue weighted by atomic mass is 10.2. The van der Waals surface area contributed by atoms with Gasteiger partial charge in [0.05, 0.1) is 11.1 Å². The number of benzene rings is 4. The van der Waals surface area contributed by atoms with Gasteiger partial charge in [-0.1, -0.05) is 72.3 Å². The Hall–Kier alpha value is -2.04. The normalized spacial score (nSPS) is 11.6. The maximum absolute atomic E-state index is 13.5. The zero-order valence-electron chi connectivity index (χ0n) is 16.9. The molecule has 0 heterocycles. The molecule has 0 aromatic heterocycles. The van der Waals surface area contributed by atoms with Gasteiger partial charge in [-0.05, 0) is 48.5 Å². The van der Waals surface area contributed by atoms with E-state index in [0.717, 1.165) is 5.56 Å². The standard InChI is InChI=1S/C25H20ClFO2PS.BrH/c26-25-18-24(31(27,28)29)17-16-20(25)19-30(21-10-4-1-5-11-21,22-12-6-2-7-13-22)23-14-8-3-9-15-23;/h1-18H,19H2;1H/q+1;/p-1. The molecule has 0 aliphatic rings. The van der Waals surface area contributed by atoms with Crippen molar-refractivity contribution in [3.8, 4) is 0 Å². The summed E-state index contributed by atoms with van der Waals surface area (Å²) in [5, 5.41) is 3.80. The van der Waals surface area contributed by atoms with E-state index in [-0.39, 0.29) is 22.0 Å². The average Bonchev–Trinajstić information content (AvgIpc) is 2.79. The Morgan fingerprint density at radius 2 is 1.09 bits per heavy atom. The molecule has 0 N–H and O–H groups in total. The van der Waals surface area contributed by atoms with Crippen LogP contribution in [0.5, 0.6) is 0 Å². The highest BCUT2D eigenvalue weighted by molar-refractivity contribution is 7.95. The fraction of sp³-hybridized carbons (Fsp3) is 0.0400. The van der Waals surface area contributed by atoms with E-state index in [0.29, 0.717) is 6.16 Å². The summed E-state index contributed by atoms with van der Waals surface area (Å²) >= 11 is 6.49. The molecule has 4 aromatic carbocycles. The van der Waals surface area contributed by atoms with Gasteiger partial charge in [-0.3, -0.25) is 0 Å². The zero-order chi connectivity index (χ0) is 21.9. The minimum absolute atomic E-state index is 0. The molecule has 0 spiro atoms. The van der Waals surface area contributed by atoms with Crippen LogP contribution in [0.25, 0.3) is 0 Å². The van der Waals surface area contributed by atoms with Crippen molar-refractivity contribution < 1.29 is 29.3 Å². The predicted octanol–water partition coefficient (Wildman–Crippen LogP) is 2.50. The molecule has 7 heteroatoms. The molecule has 0 saturated heterocycles. The van der Waals surface area contributed by atoms with E-state index in [1.54, 1.807) is 6.07 Å². The molecule has 0 aliphatic heterocycles. The second-order valence-electron chi connectivity index (χ2n) is 7.17. The van der Waals surface area contributed by atoms with Crippen molar-refractivity contribution >= 4 is 45.0 Å². The molecule has 0 saturated carbocycles. The first-order valence-electron chi connectivity index (χ1n) is 9.69. The molecule has 0 aliphatic carbocycles. The first-order chi connectivity index (χ1) is 14.9. The highest BCUT2D eigenvalue weighted by Gasteiger charge is 2.45. The molecule has 0 atom stereocenters. The van der Waals surface area contributed by atoms with Gasteiger partial charge in [0.2, 0.25) is 0 Å². The van der Waals surface area contributed by atoms with Crippen molar-refractivity contribution in [3.05, 3.63) is 120 Å². The third-order valence-electron chi connectivity index (χ3n) is 5.30. The number of hydrogen-bond donors (Lipinski definition) is 0. The number of hydrogen-bond acceptors (Lipinski definition) is 2. The van der Waals surface area contributed by atoms with Crippen LogP contribution in [-0.2, 0) is 16.4 Å². The van der Waals surface area contributed by atoms with Gasteiger partial charge < -0.3 is 17.0 Å². The largest absolute Gasteiger partial charge is 1.00 e. The molecule has 0 radical (unpaired) electrons. The number of halogens is 3. The highest BCUT2D eigenvalue weighted by atomic mass is 79.9. The van der Waals surface area contributed by atoms with Gasteiger partial charge in [0.15, 0.2) is 0 Å². The minimum atomic E-state index is -4.82. The maximum atomic E-state index is 13.5. The zero-order valence-corrected chi connectivity index (χ0v) is 21.0. The van der Waals surface area contributed by atoms with Gasteiger partial charge in [0, 0.05) is 10.6 Å². The molecule has 0 amide bonds. The second kappa shape index (κ2) is 10.3. The second-order valence-corrected chi connectivity index (χ2v) is 12.4. The van der Waals surface area contributed by atoms with E-state index < -0.39 is 22.4 Å². The summed E-state index contributed by atoms with van der Waals surface area (Å²) in [5.41, 5.74) is 0.777. The lowest BCUT2D eigenvalue weighted by molar-refractivity contribution is -0.00000941. The fourth-order valence-corrected chi connectivity index (χ4v) is 9.00. The predicted molar refractivity (Wildman–Crippen MR) is 129 cm³/mol. The van der Waals surface area contributed by atoms with Crippen LogP contribution in [0.2, 0.25) is 5.02 Å². The molecule has 0 bridgehead atoms. The first-order valence-corrected chi connectivity index (χ1v) is 13.4. The van der Waals surface area contributed by atoms with Crippen LogP contribution < -0.4 is 32.9 Å². The lowest BCUT2D eigenvalue weighted by Gasteiger charge is -2.28. The Labute approximate surface area is 204 Å². The Morgan fingerprint density at radius 1 is 0.688 bits per heavy atom. The van der Waals surface area contributed by atoms with Crippen molar-refractivity contribution in [2.75, 3.05) is 0 Å². The van der Waals surface area contributed by atoms with Gasteiger partial charge in [-0.25, -0.2) is 0 Å². The maximum Gasteiger partial charge on any atom is 0.332 e. The molecule has 0 fully saturated rings. The highest BCUT2D eigenvalue weighted by Crippen LogP contribution is 2.58. The molecular weight excluding hydrogens is 530 g/mol. The van der Waals surface area contributed by atoms with Crippen molar-refractivity contribution in [2.45, 2.75) is 11.1 Å². The van der Waals surface area contributed by atoms with E-state index >= 15 is 0 Å². The van der Waals surface area contributed by atoms with Gasteiger partial charge in [-0.15, -0.1) is 3.89 Å². The molecule has 32 heavy (non-hydrogen) atoms. The lowest BCUT2D eigenvalue weighted by Crippen LogP contribution is -3.00. The molecule has 4 rings (SSSR count). The molecule has 164 valence electrons. The van der Waals surface area contributed by atoms with Gasteiger partial charge in [-0.2, -0.15) is 8.42 Å². The summed E-state index contributed by atoms with van der Waals surface area (Å²) in [6, 6.07) is 35.0. The van der Waals surface area contributed by atoms with E-state index in [2.05, 4.69) is 36.4 Å². The van der Waals surface area contributed by atoms with Crippen LogP contribution in [-0.4, -0.2) is 8.42 Å². The molecule has 0 unspecified atom stereocenters. The van der Waals surface area contributed by atoms with E-state index in [9.17, 15) is 12.3 Å². The van der Waals surface area contributed by atoms with Crippen LogP contribution in [0.15, 0.2) is 114 Å². The van der Waals surface area contributed by atoms with E-state index in [1.807, 2.05) is 54.6 Å². The summed E-state index contributed by atoms with van der Waals surface area (Å²) in [6.07, 6.45) is 0.580. The van der Waals surface area contributed by atoms with Crippen LogP contribution in [0.3, 0.4) is 0 Å². The summed E-state index contributed by atoms with van der Waals surface area (Å²) in [7, 11) is -7.00. The van der Waals surface area contributed by atoms with Crippen molar-refractivity contribution in [3.63, 3.8) is 0 Å². The summed E-state index contributed by atoms with van der Waals surface area (Å²) in [6.45, 7) is 0. The monoisotopic (exact) mass is 548 g/mol. The fourth-order valence-electron chi connectivity index (χ4n) is 3.83. The average molecular weight is 550 g/mol.